The van der Waals surface area contributed by atoms with Gasteiger partial charge >= 0.3 is 6.01 Å². The van der Waals surface area contributed by atoms with E-state index >= 15 is 0 Å². The molecule has 2 rings (SSSR count). The van der Waals surface area contributed by atoms with Gasteiger partial charge in [0.15, 0.2) is 0 Å². The van der Waals surface area contributed by atoms with Gasteiger partial charge in [-0.15, -0.1) is 0 Å². The number of nitrogens with zero attached hydrogens (tertiary/aromatic N) is 2. The Hall–Kier alpha value is -2.20. The second kappa shape index (κ2) is 6.11. The maximum Gasteiger partial charge on any atom is 0.317 e. The summed E-state index contributed by atoms with van der Waals surface area (Å²) in [6.45, 7) is 5.69. The molecule has 0 spiro atoms. The molecule has 2 aromatic rings. The summed E-state index contributed by atoms with van der Waals surface area (Å²) >= 11 is 0. The van der Waals surface area contributed by atoms with Crippen LogP contribution >= 0.6 is 0 Å². The van der Waals surface area contributed by atoms with Crippen molar-refractivity contribution in [3.05, 3.63) is 54.7 Å². The number of aliphatic hydroxyl groups excluding tert-OH is 1. The summed E-state index contributed by atoms with van der Waals surface area (Å²) < 4.78 is 5.31. The van der Waals surface area contributed by atoms with Crippen LogP contribution in [0.2, 0.25) is 0 Å². The van der Waals surface area contributed by atoms with Crippen LogP contribution in [0.1, 0.15) is 18.6 Å². The minimum Gasteiger partial charge on any atom is -0.459 e. The van der Waals surface area contributed by atoms with E-state index in [1.54, 1.807) is 19.2 Å². The van der Waals surface area contributed by atoms with Gasteiger partial charge in [0, 0.05) is 11.8 Å². The first-order chi connectivity index (χ1) is 9.20. The normalized spacial score (nSPS) is 11.9. The molecule has 1 N–H and O–H groups in total. The Bertz CT molecular complexity index is 568. The lowest BCUT2D eigenvalue weighted by Crippen LogP contribution is -1.99. The first-order valence-corrected chi connectivity index (χ1v) is 6.06. The average Bonchev–Trinajstić information content (AvgIpc) is 2.45. The minimum absolute atomic E-state index is 0.319. The molecule has 4 heteroatoms. The van der Waals surface area contributed by atoms with E-state index in [4.69, 9.17) is 4.74 Å². The Labute approximate surface area is 112 Å². The van der Waals surface area contributed by atoms with E-state index < -0.39 is 6.10 Å². The van der Waals surface area contributed by atoms with Gasteiger partial charge in [0.2, 0.25) is 0 Å². The van der Waals surface area contributed by atoms with Crippen LogP contribution in [0.4, 0.5) is 0 Å². The molecule has 0 saturated heterocycles. The summed E-state index contributed by atoms with van der Waals surface area (Å²) in [4.78, 5) is 8.35. The van der Waals surface area contributed by atoms with Crippen molar-refractivity contribution in [3.63, 3.8) is 0 Å². The third kappa shape index (κ3) is 3.39. The van der Waals surface area contributed by atoms with Gasteiger partial charge in [0.05, 0.1) is 11.8 Å². The zero-order valence-electron chi connectivity index (χ0n) is 10.8. The molecule has 1 aromatic carbocycles. The van der Waals surface area contributed by atoms with Gasteiger partial charge in [0.1, 0.15) is 6.61 Å². The van der Waals surface area contributed by atoms with Gasteiger partial charge in [-0.05, 0) is 24.6 Å². The molecule has 1 unspecified atom stereocenters. The van der Waals surface area contributed by atoms with Gasteiger partial charge in [0.25, 0.3) is 0 Å². The zero-order chi connectivity index (χ0) is 13.7. The number of rotatable bonds is 5. The molecular weight excluding hydrogens is 240 g/mol. The van der Waals surface area contributed by atoms with Crippen molar-refractivity contribution in [3.8, 4) is 17.3 Å². The molecule has 0 bridgehead atoms. The van der Waals surface area contributed by atoms with Gasteiger partial charge in [-0.2, -0.15) is 4.98 Å². The molecule has 1 heterocycles. The summed E-state index contributed by atoms with van der Waals surface area (Å²) in [7, 11) is 0. The molecule has 0 aliphatic rings. The topological polar surface area (TPSA) is 55.2 Å². The molecule has 0 amide bonds. The van der Waals surface area contributed by atoms with Crippen molar-refractivity contribution >= 4 is 0 Å². The van der Waals surface area contributed by atoms with Crippen LogP contribution in [0.3, 0.4) is 0 Å². The van der Waals surface area contributed by atoms with Crippen LogP contribution in [0.5, 0.6) is 6.01 Å². The van der Waals surface area contributed by atoms with Crippen LogP contribution < -0.4 is 4.74 Å². The molecule has 1 atom stereocenters. The van der Waals surface area contributed by atoms with Crippen LogP contribution in [-0.4, -0.2) is 21.7 Å². The van der Waals surface area contributed by atoms with Crippen molar-refractivity contribution in [2.75, 3.05) is 6.61 Å². The van der Waals surface area contributed by atoms with Crippen LogP contribution in [0.15, 0.2) is 49.2 Å². The molecular formula is C15H16N2O2. The molecule has 0 aliphatic carbocycles. The van der Waals surface area contributed by atoms with Crippen LogP contribution in [-0.2, 0) is 0 Å². The molecule has 0 radical (unpaired) electrons. The van der Waals surface area contributed by atoms with Crippen molar-refractivity contribution < 1.29 is 9.84 Å². The number of aliphatic hydroxyl groups is 1. The Morgan fingerprint density at radius 1 is 1.42 bits per heavy atom. The number of hydrogen-bond donors (Lipinski definition) is 1. The summed E-state index contributed by atoms with van der Waals surface area (Å²) in [5.41, 5.74) is 2.53. The third-order valence-electron chi connectivity index (χ3n) is 2.63. The first-order valence-electron chi connectivity index (χ1n) is 6.06. The molecule has 0 aliphatic heterocycles. The van der Waals surface area contributed by atoms with Gasteiger partial charge in [-0.3, -0.25) is 0 Å². The maximum absolute atomic E-state index is 9.60. The van der Waals surface area contributed by atoms with Crippen molar-refractivity contribution in [2.45, 2.75) is 13.0 Å². The summed E-state index contributed by atoms with van der Waals surface area (Å²) in [5.74, 6) is 0. The number of ether oxygens (including phenoxy) is 1. The highest BCUT2D eigenvalue weighted by molar-refractivity contribution is 5.60. The molecule has 0 saturated carbocycles. The van der Waals surface area contributed by atoms with E-state index in [2.05, 4.69) is 16.5 Å². The lowest BCUT2D eigenvalue weighted by molar-refractivity contribution is 0.199. The van der Waals surface area contributed by atoms with Gasteiger partial charge in [-0.25, -0.2) is 4.98 Å². The third-order valence-corrected chi connectivity index (χ3v) is 2.63. The van der Waals surface area contributed by atoms with E-state index in [-0.39, 0.29) is 0 Å². The van der Waals surface area contributed by atoms with Crippen molar-refractivity contribution in [2.24, 2.45) is 0 Å². The highest BCUT2D eigenvalue weighted by Crippen LogP contribution is 2.22. The van der Waals surface area contributed by atoms with Crippen LogP contribution in [0, 0.1) is 0 Å². The second-order valence-electron chi connectivity index (χ2n) is 4.13. The molecule has 98 valence electrons. The Kier molecular flexibility index (Phi) is 4.26. The predicted octanol–water partition coefficient (Wildman–Crippen LogP) is 2.76. The Morgan fingerprint density at radius 2 is 2.26 bits per heavy atom. The Balaban J connectivity index is 2.30. The summed E-state index contributed by atoms with van der Waals surface area (Å²) in [5, 5.41) is 9.60. The average molecular weight is 256 g/mol. The molecule has 19 heavy (non-hydrogen) atoms. The standard InChI is InChI=1S/C15H16N2O2/c1-3-9-19-15-16-8-7-14(17-15)13-6-4-5-12(10-13)11(2)18/h3-8,10-11,18H,1,9H2,2H3. The minimum atomic E-state index is -0.502. The molecule has 4 nitrogen and oxygen atoms in total. The SMILES string of the molecule is C=CCOc1nccc(-c2cccc(C(C)O)c2)n1. The number of hydrogen-bond acceptors (Lipinski definition) is 4. The van der Waals surface area contributed by atoms with Gasteiger partial charge in [-0.1, -0.05) is 30.9 Å². The highest BCUT2D eigenvalue weighted by atomic mass is 16.5. The first kappa shape index (κ1) is 13.2. The number of benzene rings is 1. The number of aromatic nitrogens is 2. The smallest absolute Gasteiger partial charge is 0.317 e. The zero-order valence-corrected chi connectivity index (χ0v) is 10.8. The van der Waals surface area contributed by atoms with Crippen LogP contribution in [0.25, 0.3) is 11.3 Å². The monoisotopic (exact) mass is 256 g/mol. The maximum atomic E-state index is 9.60. The predicted molar refractivity (Wildman–Crippen MR) is 73.8 cm³/mol. The van der Waals surface area contributed by atoms with E-state index in [1.807, 2.05) is 30.3 Å². The fourth-order valence-electron chi connectivity index (χ4n) is 1.66. The van der Waals surface area contributed by atoms with Crippen molar-refractivity contribution in [1.29, 1.82) is 0 Å². The van der Waals surface area contributed by atoms with Gasteiger partial charge < -0.3 is 9.84 Å². The van der Waals surface area contributed by atoms with E-state index in [0.717, 1.165) is 16.8 Å². The quantitative estimate of drug-likeness (QED) is 0.836. The lowest BCUT2D eigenvalue weighted by atomic mass is 10.1. The largest absolute Gasteiger partial charge is 0.459 e. The summed E-state index contributed by atoms with van der Waals surface area (Å²) in [6.07, 6.45) is 2.79. The van der Waals surface area contributed by atoms with Crippen molar-refractivity contribution in [1.82, 2.24) is 9.97 Å². The fraction of sp³-hybridized carbons (Fsp3) is 0.200. The fourth-order valence-corrected chi connectivity index (χ4v) is 1.66. The van der Waals surface area contributed by atoms with E-state index in [0.29, 0.717) is 12.6 Å². The Morgan fingerprint density at radius 3 is 3.00 bits per heavy atom. The highest BCUT2D eigenvalue weighted by Gasteiger charge is 2.06. The van der Waals surface area contributed by atoms with E-state index in [9.17, 15) is 5.11 Å². The second-order valence-corrected chi connectivity index (χ2v) is 4.13. The summed E-state index contributed by atoms with van der Waals surface area (Å²) in [6, 6.07) is 9.74. The molecule has 1 aromatic heterocycles. The van der Waals surface area contributed by atoms with E-state index in [1.165, 1.54) is 0 Å². The molecule has 0 fully saturated rings. The lowest BCUT2D eigenvalue weighted by Gasteiger charge is -2.08.